The van der Waals surface area contributed by atoms with Gasteiger partial charge in [0.05, 0.1) is 5.75 Å². The van der Waals surface area contributed by atoms with E-state index in [-0.39, 0.29) is 4.75 Å². The number of rotatable bonds is 3. The maximum Gasteiger partial charge on any atom is 0.232 e. The second-order valence-electron chi connectivity index (χ2n) is 6.61. The fourth-order valence-electron chi connectivity index (χ4n) is 2.94. The molecule has 0 aromatic heterocycles. The van der Waals surface area contributed by atoms with Crippen molar-refractivity contribution in [3.8, 4) is 0 Å². The first-order valence-corrected chi connectivity index (χ1v) is 7.97. The molecule has 3 heterocycles. The van der Waals surface area contributed by atoms with Gasteiger partial charge in [-0.1, -0.05) is 20.8 Å². The fourth-order valence-corrected chi connectivity index (χ4v) is 3.70. The summed E-state index contributed by atoms with van der Waals surface area (Å²) in [5, 5.41) is 0. The molecular formula is C14H26N2OS. The van der Waals surface area contributed by atoms with E-state index in [2.05, 4.69) is 25.7 Å². The summed E-state index contributed by atoms with van der Waals surface area (Å²) in [5.74, 6) is 1.65. The van der Waals surface area contributed by atoms with E-state index >= 15 is 0 Å². The molecule has 2 bridgehead atoms. The van der Waals surface area contributed by atoms with E-state index in [1.165, 1.54) is 25.9 Å². The van der Waals surface area contributed by atoms with Crippen molar-refractivity contribution >= 4 is 17.7 Å². The summed E-state index contributed by atoms with van der Waals surface area (Å²) in [6.07, 6.45) is 2.55. The van der Waals surface area contributed by atoms with Crippen LogP contribution in [0.3, 0.4) is 0 Å². The molecular weight excluding hydrogens is 244 g/mol. The first-order valence-electron chi connectivity index (χ1n) is 6.99. The summed E-state index contributed by atoms with van der Waals surface area (Å²) in [6, 6.07) is 0.459. The standard InChI is InChI=1S/C14H26N2OS/c1-14(2,3)18-10-13(17)15(4)12-9-16-7-5-11(12)6-8-16/h11-12H,5-10H2,1-4H3/t12-/m0/s1. The Morgan fingerprint density at radius 1 is 1.33 bits per heavy atom. The zero-order valence-electron chi connectivity index (χ0n) is 12.1. The lowest BCUT2D eigenvalue weighted by Crippen LogP contribution is -2.57. The Morgan fingerprint density at radius 3 is 2.39 bits per heavy atom. The highest BCUT2D eigenvalue weighted by Gasteiger charge is 2.37. The Hall–Kier alpha value is -0.220. The van der Waals surface area contributed by atoms with E-state index in [4.69, 9.17) is 0 Å². The molecule has 0 aliphatic carbocycles. The van der Waals surface area contributed by atoms with Crippen molar-refractivity contribution in [2.75, 3.05) is 32.4 Å². The minimum atomic E-state index is 0.172. The number of amides is 1. The van der Waals surface area contributed by atoms with Gasteiger partial charge in [0.2, 0.25) is 5.91 Å². The maximum absolute atomic E-state index is 12.3. The number of hydrogen-bond acceptors (Lipinski definition) is 3. The summed E-state index contributed by atoms with van der Waals surface area (Å²) in [7, 11) is 2.00. The predicted molar refractivity (Wildman–Crippen MR) is 77.9 cm³/mol. The minimum Gasteiger partial charge on any atom is -0.340 e. The van der Waals surface area contributed by atoms with Gasteiger partial charge in [-0.2, -0.15) is 0 Å². The van der Waals surface area contributed by atoms with E-state index in [9.17, 15) is 4.79 Å². The molecule has 3 nitrogen and oxygen atoms in total. The molecule has 0 aromatic rings. The van der Waals surface area contributed by atoms with Crippen LogP contribution in [-0.2, 0) is 4.79 Å². The number of carbonyl (C=O) groups is 1. The Balaban J connectivity index is 1.87. The first kappa shape index (κ1) is 14.2. The van der Waals surface area contributed by atoms with Gasteiger partial charge < -0.3 is 9.80 Å². The zero-order chi connectivity index (χ0) is 13.3. The number of nitrogens with zero attached hydrogens (tertiary/aromatic N) is 2. The summed E-state index contributed by atoms with van der Waals surface area (Å²) >= 11 is 1.75. The quantitative estimate of drug-likeness (QED) is 0.784. The molecule has 4 heteroatoms. The third kappa shape index (κ3) is 3.41. The number of likely N-dealkylation sites (N-methyl/N-ethyl adjacent to an activating group) is 1. The van der Waals surface area contributed by atoms with Crippen molar-refractivity contribution in [3.05, 3.63) is 0 Å². The minimum absolute atomic E-state index is 0.172. The van der Waals surface area contributed by atoms with E-state index in [1.54, 1.807) is 11.8 Å². The van der Waals surface area contributed by atoms with Crippen molar-refractivity contribution in [1.29, 1.82) is 0 Å². The molecule has 3 aliphatic rings. The van der Waals surface area contributed by atoms with Gasteiger partial charge in [0.1, 0.15) is 0 Å². The SMILES string of the molecule is CN(C(=O)CSC(C)(C)C)[C@H]1CN2CCC1CC2. The predicted octanol–water partition coefficient (Wildman–Crippen LogP) is 2.07. The van der Waals surface area contributed by atoms with Crippen LogP contribution in [0, 0.1) is 5.92 Å². The molecule has 104 valence electrons. The molecule has 3 saturated heterocycles. The maximum atomic E-state index is 12.3. The number of hydrogen-bond donors (Lipinski definition) is 0. The van der Waals surface area contributed by atoms with Crippen LogP contribution >= 0.6 is 11.8 Å². The Labute approximate surface area is 115 Å². The van der Waals surface area contributed by atoms with Crippen LogP contribution < -0.4 is 0 Å². The van der Waals surface area contributed by atoms with Crippen molar-refractivity contribution in [2.45, 2.75) is 44.4 Å². The van der Waals surface area contributed by atoms with Gasteiger partial charge in [-0.15, -0.1) is 11.8 Å². The number of carbonyl (C=O) groups excluding carboxylic acids is 1. The third-order valence-corrected chi connectivity index (χ3v) is 5.40. The van der Waals surface area contributed by atoms with Gasteiger partial charge in [0.15, 0.2) is 0 Å². The van der Waals surface area contributed by atoms with Crippen LogP contribution in [0.5, 0.6) is 0 Å². The molecule has 1 atom stereocenters. The summed E-state index contributed by atoms with van der Waals surface area (Å²) < 4.78 is 0.172. The highest BCUT2D eigenvalue weighted by Crippen LogP contribution is 2.31. The number of piperidine rings is 3. The summed E-state index contributed by atoms with van der Waals surface area (Å²) in [4.78, 5) is 16.8. The van der Waals surface area contributed by atoms with Crippen LogP contribution in [0.2, 0.25) is 0 Å². The monoisotopic (exact) mass is 270 g/mol. The zero-order valence-corrected chi connectivity index (χ0v) is 12.9. The van der Waals surface area contributed by atoms with E-state index < -0.39 is 0 Å². The number of thioether (sulfide) groups is 1. The average Bonchev–Trinajstić information content (AvgIpc) is 2.35. The topological polar surface area (TPSA) is 23.6 Å². The van der Waals surface area contributed by atoms with Gasteiger partial charge >= 0.3 is 0 Å². The Kier molecular flexibility index (Phi) is 4.27. The van der Waals surface area contributed by atoms with Crippen molar-refractivity contribution < 1.29 is 4.79 Å². The molecule has 18 heavy (non-hydrogen) atoms. The molecule has 0 aromatic carbocycles. The van der Waals surface area contributed by atoms with Crippen molar-refractivity contribution in [3.63, 3.8) is 0 Å². The molecule has 3 rings (SSSR count). The molecule has 0 spiro atoms. The normalized spacial score (nSPS) is 31.4. The molecule has 0 saturated carbocycles. The largest absolute Gasteiger partial charge is 0.340 e. The number of fused-ring (bicyclic) bond motifs is 3. The lowest BCUT2D eigenvalue weighted by Gasteiger charge is -2.48. The van der Waals surface area contributed by atoms with Crippen LogP contribution in [0.15, 0.2) is 0 Å². The van der Waals surface area contributed by atoms with Crippen LogP contribution in [-0.4, -0.2) is 58.9 Å². The lowest BCUT2D eigenvalue weighted by atomic mass is 9.83. The van der Waals surface area contributed by atoms with Gasteiger partial charge in [-0.3, -0.25) is 4.79 Å². The summed E-state index contributed by atoms with van der Waals surface area (Å²) in [6.45, 7) is 10.1. The van der Waals surface area contributed by atoms with Crippen LogP contribution in [0.4, 0.5) is 0 Å². The smallest absolute Gasteiger partial charge is 0.232 e. The van der Waals surface area contributed by atoms with Gasteiger partial charge in [0, 0.05) is 24.4 Å². The van der Waals surface area contributed by atoms with E-state index in [0.717, 1.165) is 12.5 Å². The lowest BCUT2D eigenvalue weighted by molar-refractivity contribution is -0.133. The molecule has 3 fully saturated rings. The molecule has 0 unspecified atom stereocenters. The average molecular weight is 270 g/mol. The fraction of sp³-hybridized carbons (Fsp3) is 0.929. The second-order valence-corrected chi connectivity index (χ2v) is 8.41. The van der Waals surface area contributed by atoms with Gasteiger partial charge in [-0.05, 0) is 31.8 Å². The highest BCUT2D eigenvalue weighted by atomic mass is 32.2. The van der Waals surface area contributed by atoms with Crippen LogP contribution in [0.1, 0.15) is 33.6 Å². The van der Waals surface area contributed by atoms with Crippen molar-refractivity contribution in [1.82, 2.24) is 9.80 Å². The third-order valence-electron chi connectivity index (χ3n) is 4.14. The summed E-state index contributed by atoms with van der Waals surface area (Å²) in [5.41, 5.74) is 0. The van der Waals surface area contributed by atoms with E-state index in [0.29, 0.717) is 17.7 Å². The molecule has 3 aliphatic heterocycles. The molecule has 1 amide bonds. The highest BCUT2D eigenvalue weighted by molar-refractivity contribution is 8.01. The Bertz CT molecular complexity index is 305. The van der Waals surface area contributed by atoms with Crippen molar-refractivity contribution in [2.24, 2.45) is 5.92 Å². The van der Waals surface area contributed by atoms with Crippen LogP contribution in [0.25, 0.3) is 0 Å². The van der Waals surface area contributed by atoms with E-state index in [1.807, 2.05) is 11.9 Å². The molecule has 0 N–H and O–H groups in total. The van der Waals surface area contributed by atoms with Gasteiger partial charge in [-0.25, -0.2) is 0 Å². The van der Waals surface area contributed by atoms with Gasteiger partial charge in [0.25, 0.3) is 0 Å². The Morgan fingerprint density at radius 2 is 1.94 bits per heavy atom. The second kappa shape index (κ2) is 5.41. The molecule has 0 radical (unpaired) electrons. The first-order chi connectivity index (χ1) is 8.37.